The number of unbranched alkanes of at least 4 members (excludes halogenated alkanes) is 1. The lowest BCUT2D eigenvalue weighted by Crippen LogP contribution is -2.54. The van der Waals surface area contributed by atoms with Crippen molar-refractivity contribution in [2.75, 3.05) is 11.9 Å². The molecule has 0 spiro atoms. The van der Waals surface area contributed by atoms with Crippen LogP contribution in [-0.2, 0) is 14.4 Å². The molecular weight excluding hydrogens is 708 g/mol. The molecule has 15 heteroatoms. The molecule has 276 valence electrons. The van der Waals surface area contributed by atoms with Gasteiger partial charge in [0.2, 0.25) is 17.7 Å². The van der Waals surface area contributed by atoms with E-state index >= 15 is 0 Å². The van der Waals surface area contributed by atoms with Crippen molar-refractivity contribution in [2.24, 2.45) is 0 Å². The second kappa shape index (κ2) is 15.4. The van der Waals surface area contributed by atoms with Gasteiger partial charge in [0, 0.05) is 48.3 Å². The maximum atomic E-state index is 13.1. The first-order valence-electron chi connectivity index (χ1n) is 17.4. The second-order valence-corrected chi connectivity index (χ2v) is 13.0. The van der Waals surface area contributed by atoms with Gasteiger partial charge >= 0.3 is 0 Å². The normalized spacial score (nSPS) is 15.1. The molecule has 5 aromatic rings. The van der Waals surface area contributed by atoms with Crippen LogP contribution in [0.1, 0.15) is 63.2 Å². The molecule has 2 aromatic heterocycles. The fourth-order valence-electron chi connectivity index (χ4n) is 6.45. The molecule has 15 nitrogen and oxygen atoms in total. The molecule has 3 aromatic carbocycles. The summed E-state index contributed by atoms with van der Waals surface area (Å²) in [4.78, 5) is 91.7. The topological polar surface area (TPSA) is 211 Å². The van der Waals surface area contributed by atoms with E-state index in [-0.39, 0.29) is 47.9 Å². The van der Waals surface area contributed by atoms with E-state index < -0.39 is 34.6 Å². The number of carbonyl (C=O) groups excluding carboxylic acids is 6. The summed E-state index contributed by atoms with van der Waals surface area (Å²) in [6.07, 6.45) is 2.73. The Morgan fingerprint density at radius 2 is 1.58 bits per heavy atom. The van der Waals surface area contributed by atoms with Crippen LogP contribution in [0.5, 0.6) is 0 Å². The molecule has 1 saturated heterocycles. The number of hydrogen-bond acceptors (Lipinski definition) is 10. The number of nitrogens with zero attached hydrogens (tertiary/aromatic N) is 3. The Morgan fingerprint density at radius 3 is 2.29 bits per heavy atom. The molecule has 3 N–H and O–H groups in total. The maximum absolute atomic E-state index is 13.1. The number of aromatic nitrogens is 1. The molecule has 2 aliphatic rings. The van der Waals surface area contributed by atoms with E-state index in [0.29, 0.717) is 47.8 Å². The number of fused-ring (bicyclic) bond motifs is 1. The summed E-state index contributed by atoms with van der Waals surface area (Å²) in [5.41, 5.74) is 4.37. The van der Waals surface area contributed by atoms with Crippen LogP contribution in [-0.4, -0.2) is 62.8 Å². The first-order valence-corrected chi connectivity index (χ1v) is 17.4. The van der Waals surface area contributed by atoms with Gasteiger partial charge in [-0.25, -0.2) is 4.98 Å². The number of benzene rings is 3. The van der Waals surface area contributed by atoms with Crippen LogP contribution in [0.15, 0.2) is 102 Å². The monoisotopic (exact) mass is 740 g/mol. The van der Waals surface area contributed by atoms with Crippen LogP contribution < -0.4 is 16.0 Å². The number of piperidine rings is 1. The van der Waals surface area contributed by atoms with Crippen molar-refractivity contribution in [3.8, 4) is 33.8 Å². The highest BCUT2D eigenvalue weighted by atomic mass is 16.6. The zero-order chi connectivity index (χ0) is 38.6. The third kappa shape index (κ3) is 7.76. The fourth-order valence-corrected chi connectivity index (χ4v) is 6.45. The van der Waals surface area contributed by atoms with Crippen molar-refractivity contribution in [3.05, 3.63) is 124 Å². The zero-order valence-electron chi connectivity index (χ0n) is 29.1. The molecule has 0 bridgehead atoms. The lowest BCUT2D eigenvalue weighted by Gasteiger charge is -2.27. The first-order chi connectivity index (χ1) is 26.5. The van der Waals surface area contributed by atoms with Crippen molar-refractivity contribution >= 4 is 46.8 Å². The van der Waals surface area contributed by atoms with E-state index in [1.807, 2.05) is 12.1 Å². The molecule has 0 radical (unpaired) electrons. The summed E-state index contributed by atoms with van der Waals surface area (Å²) in [6, 6.07) is 23.6. The third-order valence-corrected chi connectivity index (χ3v) is 9.29. The number of pyridine rings is 1. The Bertz CT molecular complexity index is 2360. The van der Waals surface area contributed by atoms with Gasteiger partial charge in [-0.15, -0.1) is 0 Å². The quantitative estimate of drug-likeness (QED) is 0.0631. The van der Waals surface area contributed by atoms with Gasteiger partial charge in [0.1, 0.15) is 11.7 Å². The number of carbonyl (C=O) groups is 6. The summed E-state index contributed by atoms with van der Waals surface area (Å²) in [7, 11) is 0. The number of nitro groups is 1. The van der Waals surface area contributed by atoms with E-state index in [9.17, 15) is 38.9 Å². The smallest absolute Gasteiger partial charge is 0.269 e. The maximum Gasteiger partial charge on any atom is 0.269 e. The second-order valence-electron chi connectivity index (χ2n) is 13.0. The largest absolute Gasteiger partial charge is 0.463 e. The van der Waals surface area contributed by atoms with Crippen molar-refractivity contribution in [1.29, 1.82) is 0 Å². The minimum absolute atomic E-state index is 0.0145. The zero-order valence-corrected chi connectivity index (χ0v) is 29.1. The number of nitro benzene ring substituents is 1. The molecule has 7 rings (SSSR count). The van der Waals surface area contributed by atoms with Crippen LogP contribution in [0.3, 0.4) is 0 Å². The summed E-state index contributed by atoms with van der Waals surface area (Å²) in [5.74, 6) is -2.51. The van der Waals surface area contributed by atoms with Crippen molar-refractivity contribution < 1.29 is 38.1 Å². The van der Waals surface area contributed by atoms with Crippen molar-refractivity contribution in [1.82, 2.24) is 20.5 Å². The molecule has 4 heterocycles. The predicted octanol–water partition coefficient (Wildman–Crippen LogP) is 5.52. The Kier molecular flexibility index (Phi) is 10.1. The van der Waals surface area contributed by atoms with E-state index in [1.165, 1.54) is 30.3 Å². The van der Waals surface area contributed by atoms with Crippen LogP contribution >= 0.6 is 0 Å². The predicted molar refractivity (Wildman–Crippen MR) is 197 cm³/mol. The van der Waals surface area contributed by atoms with Gasteiger partial charge in [0.15, 0.2) is 5.76 Å². The SMILES string of the molecule is O=C1CCC(N2C(=O)c3ccc(NC(=O)CCCCNC(=O)c4ccc(-c5cc(-c6ccc([N+](=O)[O-])cc6)cc(-c6ccco6)n5)cc4)cc3C2=O)C(=O)N1. The lowest BCUT2D eigenvalue weighted by atomic mass is 10.0. The van der Waals surface area contributed by atoms with Crippen LogP contribution in [0.2, 0.25) is 0 Å². The van der Waals surface area contributed by atoms with E-state index in [4.69, 9.17) is 9.40 Å². The van der Waals surface area contributed by atoms with Gasteiger partial charge in [-0.2, -0.15) is 0 Å². The number of anilines is 1. The third-order valence-electron chi connectivity index (χ3n) is 9.29. The highest BCUT2D eigenvalue weighted by molar-refractivity contribution is 6.24. The Morgan fingerprint density at radius 1 is 0.855 bits per heavy atom. The Balaban J connectivity index is 0.909. The molecule has 0 aliphatic carbocycles. The fraction of sp³-hybridized carbons (Fsp3) is 0.175. The van der Waals surface area contributed by atoms with Crippen LogP contribution in [0.25, 0.3) is 33.8 Å². The van der Waals surface area contributed by atoms with Gasteiger partial charge in [-0.05, 0) is 97.1 Å². The summed E-state index contributed by atoms with van der Waals surface area (Å²) < 4.78 is 5.58. The van der Waals surface area contributed by atoms with Gasteiger partial charge in [0.05, 0.1) is 28.0 Å². The summed E-state index contributed by atoms with van der Waals surface area (Å²) in [6.45, 7) is 0.324. The minimum Gasteiger partial charge on any atom is -0.463 e. The minimum atomic E-state index is -1.08. The number of non-ortho nitro benzene ring substituents is 1. The van der Waals surface area contributed by atoms with Gasteiger partial charge in [0.25, 0.3) is 23.4 Å². The molecule has 1 fully saturated rings. The Labute approximate surface area is 312 Å². The highest BCUT2D eigenvalue weighted by Crippen LogP contribution is 2.32. The van der Waals surface area contributed by atoms with Gasteiger partial charge in [-0.1, -0.05) is 12.1 Å². The number of furan rings is 1. The van der Waals surface area contributed by atoms with Crippen molar-refractivity contribution in [2.45, 2.75) is 38.1 Å². The molecule has 0 saturated carbocycles. The number of nitrogens with one attached hydrogen (secondary N) is 3. The molecule has 1 unspecified atom stereocenters. The number of hydrogen-bond donors (Lipinski definition) is 3. The average Bonchev–Trinajstić information content (AvgIpc) is 3.81. The van der Waals surface area contributed by atoms with Gasteiger partial charge in [-0.3, -0.25) is 49.1 Å². The summed E-state index contributed by atoms with van der Waals surface area (Å²) >= 11 is 0. The molecule has 6 amide bonds. The molecule has 1 atom stereocenters. The van der Waals surface area contributed by atoms with Gasteiger partial charge < -0.3 is 15.1 Å². The molecule has 55 heavy (non-hydrogen) atoms. The lowest BCUT2D eigenvalue weighted by molar-refractivity contribution is -0.384. The molecule has 2 aliphatic heterocycles. The molecular formula is C40H32N6O9. The van der Waals surface area contributed by atoms with Crippen LogP contribution in [0, 0.1) is 10.1 Å². The highest BCUT2D eigenvalue weighted by Gasteiger charge is 2.44. The Hall–Kier alpha value is -7.29. The first kappa shape index (κ1) is 36.1. The summed E-state index contributed by atoms with van der Waals surface area (Å²) in [5, 5.41) is 18.9. The number of amides is 6. The van der Waals surface area contributed by atoms with E-state index in [1.54, 1.807) is 54.8 Å². The average molecular weight is 741 g/mol. The standard InChI is InChI=1S/C40H32N6O9/c47-35(42-27-12-15-29-30(22-27)40(52)45(39(29)51)33-16-17-36(48)44-38(33)50)5-1-2-18-41-37(49)25-8-6-24(7-9-25)31-20-26(21-32(43-31)34-4-3-19-55-34)23-10-13-28(14-11-23)46(53)54/h3-4,6-15,19-22,33H,1-2,5,16-18H2,(H,41,49)(H,42,47)(H,44,48,50). The van der Waals surface area contributed by atoms with E-state index in [2.05, 4.69) is 16.0 Å². The van der Waals surface area contributed by atoms with E-state index in [0.717, 1.165) is 21.6 Å². The number of rotatable bonds is 12. The number of imide groups is 2. The van der Waals surface area contributed by atoms with Crippen LogP contribution in [0.4, 0.5) is 11.4 Å². The van der Waals surface area contributed by atoms with Crippen molar-refractivity contribution in [3.63, 3.8) is 0 Å².